The first-order chi connectivity index (χ1) is 21.2. The predicted octanol–water partition coefficient (Wildman–Crippen LogP) is 8.30. The van der Waals surface area contributed by atoms with Gasteiger partial charge in [0.05, 0.1) is 5.56 Å². The summed E-state index contributed by atoms with van der Waals surface area (Å²) in [7, 11) is 0. The predicted molar refractivity (Wildman–Crippen MR) is 172 cm³/mol. The molecule has 0 atom stereocenters. The molecule has 0 saturated carbocycles. The highest BCUT2D eigenvalue weighted by atomic mass is 19.1. The standard InChI is InChI=1S/C37H35FN2O4/c1-5-32(41)34-31-20-25(13-17-33(31)44-35(34)23-10-14-28(38)15-11-23)24-12-16-29(30(19-24)37(43)40-21-22(3)4)26-8-7-9-27(18-26)36(42)39-6-2/h7-20,22H,5-6,21H2,1-4H3,(H,39,42)(H,40,43). The molecule has 1 heterocycles. The van der Waals surface area contributed by atoms with Crippen LogP contribution < -0.4 is 10.6 Å². The third-order valence-corrected chi connectivity index (χ3v) is 7.44. The maximum absolute atomic E-state index is 13.6. The summed E-state index contributed by atoms with van der Waals surface area (Å²) >= 11 is 0. The number of rotatable bonds is 10. The largest absolute Gasteiger partial charge is 0.455 e. The number of carbonyl (C=O) groups is 3. The SMILES string of the molecule is CCNC(=O)c1cccc(-c2ccc(-c3ccc4oc(-c5ccc(F)cc5)c(C(=O)CC)c4c3)cc2C(=O)NCC(C)C)c1. The molecular weight excluding hydrogens is 555 g/mol. The summed E-state index contributed by atoms with van der Waals surface area (Å²) in [5.41, 5.74) is 5.62. The van der Waals surface area contributed by atoms with Crippen LogP contribution in [0.15, 0.2) is 89.3 Å². The lowest BCUT2D eigenvalue weighted by Crippen LogP contribution is -2.27. The third-order valence-electron chi connectivity index (χ3n) is 7.44. The topological polar surface area (TPSA) is 88.4 Å². The summed E-state index contributed by atoms with van der Waals surface area (Å²) in [6.45, 7) is 8.74. The number of halogens is 1. The average molecular weight is 591 g/mol. The van der Waals surface area contributed by atoms with E-state index in [1.165, 1.54) is 12.1 Å². The second-order valence-corrected chi connectivity index (χ2v) is 11.1. The summed E-state index contributed by atoms with van der Waals surface area (Å²) in [4.78, 5) is 39.3. The highest BCUT2D eigenvalue weighted by Crippen LogP contribution is 2.38. The van der Waals surface area contributed by atoms with Gasteiger partial charge in [-0.3, -0.25) is 14.4 Å². The number of carbonyl (C=O) groups excluding carboxylic acids is 3. The van der Waals surface area contributed by atoms with Gasteiger partial charge in [0.1, 0.15) is 17.2 Å². The molecule has 0 aliphatic heterocycles. The van der Waals surface area contributed by atoms with E-state index in [2.05, 4.69) is 10.6 Å². The minimum atomic E-state index is -0.372. The Morgan fingerprint density at radius 3 is 2.18 bits per heavy atom. The Kier molecular flexibility index (Phi) is 9.04. The molecule has 0 unspecified atom stereocenters. The number of hydrogen-bond acceptors (Lipinski definition) is 4. The molecular formula is C37H35FN2O4. The van der Waals surface area contributed by atoms with Crippen molar-refractivity contribution in [3.8, 4) is 33.6 Å². The van der Waals surface area contributed by atoms with E-state index in [1.807, 2.05) is 63.2 Å². The van der Waals surface area contributed by atoms with E-state index in [4.69, 9.17) is 4.42 Å². The van der Waals surface area contributed by atoms with E-state index < -0.39 is 0 Å². The third kappa shape index (κ3) is 6.32. The van der Waals surface area contributed by atoms with Crippen LogP contribution in [0.3, 0.4) is 0 Å². The molecule has 224 valence electrons. The quantitative estimate of drug-likeness (QED) is 0.160. The molecule has 0 aliphatic rings. The zero-order valence-corrected chi connectivity index (χ0v) is 25.3. The molecule has 0 spiro atoms. The fraction of sp³-hybridized carbons (Fsp3) is 0.216. The summed E-state index contributed by atoms with van der Waals surface area (Å²) in [6.07, 6.45) is 0.275. The number of benzene rings is 4. The molecule has 7 heteroatoms. The van der Waals surface area contributed by atoms with E-state index in [0.717, 1.165) is 16.7 Å². The number of fused-ring (bicyclic) bond motifs is 1. The Bertz CT molecular complexity index is 1850. The van der Waals surface area contributed by atoms with Crippen molar-refractivity contribution in [3.05, 3.63) is 107 Å². The van der Waals surface area contributed by atoms with Crippen molar-refractivity contribution in [2.75, 3.05) is 13.1 Å². The number of hydrogen-bond donors (Lipinski definition) is 2. The van der Waals surface area contributed by atoms with Gasteiger partial charge in [-0.05, 0) is 89.7 Å². The van der Waals surface area contributed by atoms with Gasteiger partial charge in [0.2, 0.25) is 0 Å². The normalized spacial score (nSPS) is 11.1. The van der Waals surface area contributed by atoms with E-state index in [-0.39, 0.29) is 35.8 Å². The van der Waals surface area contributed by atoms with Crippen molar-refractivity contribution in [1.82, 2.24) is 10.6 Å². The highest BCUT2D eigenvalue weighted by Gasteiger charge is 2.22. The van der Waals surface area contributed by atoms with Gasteiger partial charge in [-0.15, -0.1) is 0 Å². The lowest BCUT2D eigenvalue weighted by Gasteiger charge is -2.15. The zero-order chi connectivity index (χ0) is 31.4. The second kappa shape index (κ2) is 13.1. The molecule has 5 rings (SSSR count). The van der Waals surface area contributed by atoms with Crippen molar-refractivity contribution in [2.45, 2.75) is 34.1 Å². The van der Waals surface area contributed by atoms with Crippen LogP contribution in [0.5, 0.6) is 0 Å². The monoisotopic (exact) mass is 590 g/mol. The molecule has 0 aliphatic carbocycles. The molecule has 2 N–H and O–H groups in total. The van der Waals surface area contributed by atoms with Crippen molar-refractivity contribution in [2.24, 2.45) is 5.92 Å². The van der Waals surface area contributed by atoms with Crippen LogP contribution in [0, 0.1) is 11.7 Å². The van der Waals surface area contributed by atoms with Gasteiger partial charge < -0.3 is 15.1 Å². The zero-order valence-electron chi connectivity index (χ0n) is 25.3. The van der Waals surface area contributed by atoms with Crippen molar-refractivity contribution < 1.29 is 23.2 Å². The van der Waals surface area contributed by atoms with Crippen LogP contribution in [0.25, 0.3) is 44.5 Å². The molecule has 2 amide bonds. The summed E-state index contributed by atoms with van der Waals surface area (Å²) in [5, 5.41) is 6.50. The molecule has 1 aromatic heterocycles. The van der Waals surface area contributed by atoms with E-state index in [1.54, 1.807) is 37.3 Å². The van der Waals surface area contributed by atoms with Gasteiger partial charge in [0.15, 0.2) is 5.78 Å². The molecule has 4 aromatic carbocycles. The van der Waals surface area contributed by atoms with Gasteiger partial charge in [-0.2, -0.15) is 0 Å². The van der Waals surface area contributed by atoms with E-state index in [0.29, 0.717) is 57.6 Å². The maximum atomic E-state index is 13.6. The van der Waals surface area contributed by atoms with Gasteiger partial charge in [0.25, 0.3) is 11.8 Å². The van der Waals surface area contributed by atoms with Crippen molar-refractivity contribution in [1.29, 1.82) is 0 Å². The first-order valence-electron chi connectivity index (χ1n) is 14.9. The van der Waals surface area contributed by atoms with Crippen molar-refractivity contribution >= 4 is 28.6 Å². The fourth-order valence-corrected chi connectivity index (χ4v) is 5.18. The number of furan rings is 1. The first kappa shape index (κ1) is 30.4. The Balaban J connectivity index is 1.63. The number of ketones is 1. The second-order valence-electron chi connectivity index (χ2n) is 11.1. The van der Waals surface area contributed by atoms with Crippen LogP contribution in [0.4, 0.5) is 4.39 Å². The van der Waals surface area contributed by atoms with Crippen LogP contribution >= 0.6 is 0 Å². The Morgan fingerprint density at radius 1 is 0.773 bits per heavy atom. The fourth-order valence-electron chi connectivity index (χ4n) is 5.18. The van der Waals surface area contributed by atoms with Crippen LogP contribution in [0.1, 0.15) is 65.2 Å². The van der Waals surface area contributed by atoms with Gasteiger partial charge in [-0.1, -0.05) is 51.1 Å². The van der Waals surface area contributed by atoms with Crippen LogP contribution in [0.2, 0.25) is 0 Å². The minimum Gasteiger partial charge on any atom is -0.455 e. The van der Waals surface area contributed by atoms with Crippen LogP contribution in [-0.4, -0.2) is 30.7 Å². The molecule has 0 saturated heterocycles. The van der Waals surface area contributed by atoms with E-state index >= 15 is 0 Å². The van der Waals surface area contributed by atoms with Gasteiger partial charge >= 0.3 is 0 Å². The summed E-state index contributed by atoms with van der Waals surface area (Å²) in [5.74, 6) is -0.189. The van der Waals surface area contributed by atoms with E-state index in [9.17, 15) is 18.8 Å². The molecule has 0 bridgehead atoms. The van der Waals surface area contributed by atoms with Crippen molar-refractivity contribution in [3.63, 3.8) is 0 Å². The minimum absolute atomic E-state index is 0.0867. The molecule has 0 radical (unpaired) electrons. The maximum Gasteiger partial charge on any atom is 0.251 e. The number of Topliss-reactive ketones (excluding diaryl/α,β-unsaturated/α-hetero) is 1. The Labute approximate surface area is 256 Å². The van der Waals surface area contributed by atoms with Gasteiger partial charge in [-0.25, -0.2) is 4.39 Å². The Morgan fingerprint density at radius 2 is 1.48 bits per heavy atom. The number of nitrogens with one attached hydrogen (secondary N) is 2. The average Bonchev–Trinajstić information content (AvgIpc) is 3.42. The smallest absolute Gasteiger partial charge is 0.251 e. The van der Waals surface area contributed by atoms with Gasteiger partial charge in [0, 0.05) is 41.6 Å². The summed E-state index contributed by atoms with van der Waals surface area (Å²) in [6, 6.07) is 24.4. The molecule has 0 fully saturated rings. The molecule has 5 aromatic rings. The lowest BCUT2D eigenvalue weighted by atomic mass is 9.92. The lowest BCUT2D eigenvalue weighted by molar-refractivity contribution is 0.0944. The Hall–Kier alpha value is -5.04. The summed E-state index contributed by atoms with van der Waals surface area (Å²) < 4.78 is 19.8. The number of amides is 2. The van der Waals surface area contributed by atoms with Crippen LogP contribution in [-0.2, 0) is 0 Å². The molecule has 6 nitrogen and oxygen atoms in total. The highest BCUT2D eigenvalue weighted by molar-refractivity contribution is 6.13. The molecule has 44 heavy (non-hydrogen) atoms. The first-order valence-corrected chi connectivity index (χ1v) is 14.9.